The highest BCUT2D eigenvalue weighted by molar-refractivity contribution is 7.89. The molecule has 7 nitrogen and oxygen atoms in total. The maximum Gasteiger partial charge on any atom is 0.253 e. The van der Waals surface area contributed by atoms with Crippen LogP contribution in [-0.4, -0.2) is 67.4 Å². The largest absolute Gasteiger partial charge is 0.354 e. The molecule has 1 atom stereocenters. The molecular weight excluding hydrogens is 366 g/mol. The Morgan fingerprint density at radius 3 is 2.80 bits per heavy atom. The molecule has 2 fully saturated rings. The molecule has 0 radical (unpaired) electrons. The van der Waals surface area contributed by atoms with Gasteiger partial charge in [0.25, 0.3) is 5.91 Å². The fourth-order valence-corrected chi connectivity index (χ4v) is 5.30. The van der Waals surface area contributed by atoms with Gasteiger partial charge < -0.3 is 10.2 Å². The van der Waals surface area contributed by atoms with E-state index in [1.807, 2.05) is 0 Å². The SMILES string of the molecule is O=C1CN(S(=O)(=O)[C@H]2CCCN(C(=O)c3cccc(Cl)c3)C2)CCN1. The number of sulfonamides is 1. The van der Waals surface area contributed by atoms with Crippen molar-refractivity contribution in [3.8, 4) is 0 Å². The minimum Gasteiger partial charge on any atom is -0.354 e. The van der Waals surface area contributed by atoms with Crippen LogP contribution in [0.2, 0.25) is 5.02 Å². The number of nitrogens with one attached hydrogen (secondary N) is 1. The molecule has 0 unspecified atom stereocenters. The van der Waals surface area contributed by atoms with E-state index in [9.17, 15) is 18.0 Å². The first-order valence-corrected chi connectivity index (χ1v) is 10.1. The Kier molecular flexibility index (Phi) is 5.31. The van der Waals surface area contributed by atoms with Gasteiger partial charge in [0, 0.05) is 36.8 Å². The van der Waals surface area contributed by atoms with E-state index in [-0.39, 0.29) is 31.4 Å². The summed E-state index contributed by atoms with van der Waals surface area (Å²) in [4.78, 5) is 25.7. The second-order valence-electron chi connectivity index (χ2n) is 6.25. The van der Waals surface area contributed by atoms with Crippen LogP contribution >= 0.6 is 11.6 Å². The summed E-state index contributed by atoms with van der Waals surface area (Å²) in [5.41, 5.74) is 0.447. The average molecular weight is 386 g/mol. The van der Waals surface area contributed by atoms with Crippen molar-refractivity contribution in [3.05, 3.63) is 34.9 Å². The fourth-order valence-electron chi connectivity index (χ4n) is 3.21. The van der Waals surface area contributed by atoms with Crippen molar-refractivity contribution in [2.75, 3.05) is 32.7 Å². The molecule has 0 bridgehead atoms. The van der Waals surface area contributed by atoms with Crippen LogP contribution in [0.3, 0.4) is 0 Å². The summed E-state index contributed by atoms with van der Waals surface area (Å²) in [6.45, 7) is 1.08. The zero-order valence-corrected chi connectivity index (χ0v) is 15.2. The zero-order valence-electron chi connectivity index (χ0n) is 13.7. The molecule has 9 heteroatoms. The second-order valence-corrected chi connectivity index (χ2v) is 8.90. The van der Waals surface area contributed by atoms with Crippen molar-refractivity contribution in [2.24, 2.45) is 0 Å². The lowest BCUT2D eigenvalue weighted by Gasteiger charge is -2.36. The molecule has 1 N–H and O–H groups in total. The van der Waals surface area contributed by atoms with Gasteiger partial charge in [-0.05, 0) is 31.0 Å². The number of nitrogens with zero attached hydrogens (tertiary/aromatic N) is 2. The summed E-state index contributed by atoms with van der Waals surface area (Å²) in [5.74, 6) is -0.517. The molecule has 0 saturated carbocycles. The molecule has 3 rings (SSSR count). The van der Waals surface area contributed by atoms with E-state index in [1.165, 1.54) is 4.31 Å². The van der Waals surface area contributed by atoms with E-state index in [2.05, 4.69) is 5.32 Å². The van der Waals surface area contributed by atoms with Crippen LogP contribution in [-0.2, 0) is 14.8 Å². The normalized spacial score (nSPS) is 22.5. The molecule has 25 heavy (non-hydrogen) atoms. The van der Waals surface area contributed by atoms with Crippen molar-refractivity contribution in [1.82, 2.24) is 14.5 Å². The Balaban J connectivity index is 1.74. The maximum absolute atomic E-state index is 12.8. The molecule has 1 aromatic rings. The summed E-state index contributed by atoms with van der Waals surface area (Å²) < 4.78 is 26.9. The average Bonchev–Trinajstić information content (AvgIpc) is 2.61. The molecular formula is C16H20ClN3O4S. The third kappa shape index (κ3) is 3.96. The third-order valence-electron chi connectivity index (χ3n) is 4.52. The maximum atomic E-state index is 12.8. The molecule has 2 aliphatic heterocycles. The predicted octanol–water partition coefficient (Wildman–Crippen LogP) is 0.706. The third-order valence-corrected chi connectivity index (χ3v) is 7.02. The molecule has 0 aromatic heterocycles. The Hall–Kier alpha value is -1.64. The van der Waals surface area contributed by atoms with Crippen LogP contribution < -0.4 is 5.32 Å². The van der Waals surface area contributed by atoms with Crippen LogP contribution in [0.1, 0.15) is 23.2 Å². The summed E-state index contributed by atoms with van der Waals surface area (Å²) in [5, 5.41) is 2.40. The fraction of sp³-hybridized carbons (Fsp3) is 0.500. The topological polar surface area (TPSA) is 86.8 Å². The minimum absolute atomic E-state index is 0.131. The molecule has 2 aliphatic rings. The highest BCUT2D eigenvalue weighted by Gasteiger charge is 2.38. The summed E-state index contributed by atoms with van der Waals surface area (Å²) >= 11 is 5.93. The van der Waals surface area contributed by atoms with Crippen molar-refractivity contribution in [1.29, 1.82) is 0 Å². The van der Waals surface area contributed by atoms with Crippen molar-refractivity contribution in [2.45, 2.75) is 18.1 Å². The van der Waals surface area contributed by atoms with Gasteiger partial charge in [-0.2, -0.15) is 4.31 Å². The molecule has 0 spiro atoms. The van der Waals surface area contributed by atoms with Gasteiger partial charge in [0.15, 0.2) is 0 Å². The van der Waals surface area contributed by atoms with Gasteiger partial charge in [-0.15, -0.1) is 0 Å². The quantitative estimate of drug-likeness (QED) is 0.830. The lowest BCUT2D eigenvalue weighted by atomic mass is 10.1. The Bertz CT molecular complexity index is 783. The van der Waals surface area contributed by atoms with E-state index in [1.54, 1.807) is 29.2 Å². The van der Waals surface area contributed by atoms with E-state index in [4.69, 9.17) is 11.6 Å². The number of benzene rings is 1. The second kappa shape index (κ2) is 7.31. The van der Waals surface area contributed by atoms with Gasteiger partial charge in [-0.3, -0.25) is 9.59 Å². The minimum atomic E-state index is -3.62. The van der Waals surface area contributed by atoms with Crippen LogP contribution in [0.15, 0.2) is 24.3 Å². The number of halogens is 1. The van der Waals surface area contributed by atoms with Crippen molar-refractivity contribution < 1.29 is 18.0 Å². The summed E-state index contributed by atoms with van der Waals surface area (Å²) in [7, 11) is -3.62. The lowest BCUT2D eigenvalue weighted by Crippen LogP contribution is -2.55. The number of piperidine rings is 1. The number of hydrogen-bond acceptors (Lipinski definition) is 4. The molecule has 2 saturated heterocycles. The number of amides is 2. The number of rotatable bonds is 3. The Morgan fingerprint density at radius 1 is 1.28 bits per heavy atom. The van der Waals surface area contributed by atoms with Crippen molar-refractivity contribution >= 4 is 33.4 Å². The van der Waals surface area contributed by atoms with E-state index in [0.717, 1.165) is 0 Å². The first-order valence-electron chi connectivity index (χ1n) is 8.18. The number of hydrogen-bond donors (Lipinski definition) is 1. The van der Waals surface area contributed by atoms with E-state index >= 15 is 0 Å². The van der Waals surface area contributed by atoms with Crippen LogP contribution in [0.5, 0.6) is 0 Å². The van der Waals surface area contributed by atoms with Gasteiger partial charge >= 0.3 is 0 Å². The molecule has 2 amide bonds. The number of carbonyl (C=O) groups is 2. The van der Waals surface area contributed by atoms with Gasteiger partial charge in [-0.1, -0.05) is 17.7 Å². The molecule has 136 valence electrons. The predicted molar refractivity (Wildman–Crippen MR) is 93.9 cm³/mol. The highest BCUT2D eigenvalue weighted by Crippen LogP contribution is 2.23. The standard InChI is InChI=1S/C16H20ClN3O4S/c17-13-4-1-3-12(9-13)16(22)19-7-2-5-14(10-19)25(23,24)20-8-6-18-15(21)11-20/h1,3-4,9,14H,2,5-8,10-11H2,(H,18,21)/t14-/m0/s1. The highest BCUT2D eigenvalue weighted by atomic mass is 35.5. The number of carbonyl (C=O) groups excluding carboxylic acids is 2. The van der Waals surface area contributed by atoms with Crippen LogP contribution in [0.4, 0.5) is 0 Å². The van der Waals surface area contributed by atoms with Crippen LogP contribution in [0, 0.1) is 0 Å². The molecule has 1 aromatic carbocycles. The summed E-state index contributed by atoms with van der Waals surface area (Å²) in [6.07, 6.45) is 1.09. The van der Waals surface area contributed by atoms with E-state index < -0.39 is 15.3 Å². The number of likely N-dealkylation sites (tertiary alicyclic amines) is 1. The zero-order chi connectivity index (χ0) is 18.0. The Morgan fingerprint density at radius 2 is 2.08 bits per heavy atom. The van der Waals surface area contributed by atoms with Gasteiger partial charge in [0.2, 0.25) is 15.9 Å². The van der Waals surface area contributed by atoms with Gasteiger partial charge in [-0.25, -0.2) is 8.42 Å². The smallest absolute Gasteiger partial charge is 0.253 e. The van der Waals surface area contributed by atoms with E-state index in [0.29, 0.717) is 36.5 Å². The summed E-state index contributed by atoms with van der Waals surface area (Å²) in [6, 6.07) is 6.63. The van der Waals surface area contributed by atoms with Gasteiger partial charge in [0.1, 0.15) is 0 Å². The lowest BCUT2D eigenvalue weighted by molar-refractivity contribution is -0.122. The Labute approximate surface area is 152 Å². The van der Waals surface area contributed by atoms with Crippen LogP contribution in [0.25, 0.3) is 0 Å². The molecule has 2 heterocycles. The van der Waals surface area contributed by atoms with Gasteiger partial charge in [0.05, 0.1) is 11.8 Å². The van der Waals surface area contributed by atoms with Crippen molar-refractivity contribution in [3.63, 3.8) is 0 Å². The first kappa shape index (κ1) is 18.2. The first-order chi connectivity index (χ1) is 11.9. The molecule has 0 aliphatic carbocycles. The monoisotopic (exact) mass is 385 g/mol. The number of piperazine rings is 1.